The van der Waals surface area contributed by atoms with Gasteiger partial charge in [-0.2, -0.15) is 4.31 Å². The second-order valence-electron chi connectivity index (χ2n) is 7.59. The van der Waals surface area contributed by atoms with Crippen molar-refractivity contribution < 1.29 is 12.8 Å². The van der Waals surface area contributed by atoms with Gasteiger partial charge in [0.2, 0.25) is 10.0 Å². The molecule has 6 nitrogen and oxygen atoms in total. The van der Waals surface area contributed by atoms with Gasteiger partial charge in [-0.25, -0.2) is 22.8 Å². The summed E-state index contributed by atoms with van der Waals surface area (Å²) in [4.78, 5) is 12.2. The molecule has 0 bridgehead atoms. The highest BCUT2D eigenvalue weighted by molar-refractivity contribution is 7.89. The van der Waals surface area contributed by atoms with Crippen molar-refractivity contribution in [3.63, 3.8) is 0 Å². The number of nitrogens with zero attached hydrogens (tertiary/aromatic N) is 4. The van der Waals surface area contributed by atoms with Gasteiger partial charge in [0.1, 0.15) is 22.8 Å². The molecule has 9 heteroatoms. The topological polar surface area (TPSA) is 66.4 Å². The minimum atomic E-state index is -3.68. The molecule has 0 aliphatic carbocycles. The molecule has 0 radical (unpaired) electrons. The summed E-state index contributed by atoms with van der Waals surface area (Å²) >= 11 is 1.58. The van der Waals surface area contributed by atoms with E-state index in [0.717, 1.165) is 27.2 Å². The van der Waals surface area contributed by atoms with Crippen LogP contribution in [0.15, 0.2) is 71.2 Å². The Morgan fingerprint density at radius 3 is 2.47 bits per heavy atom. The highest BCUT2D eigenvalue weighted by atomic mass is 32.2. The van der Waals surface area contributed by atoms with Crippen LogP contribution in [0, 0.1) is 5.82 Å². The van der Waals surface area contributed by atoms with Gasteiger partial charge in [0.05, 0.1) is 10.3 Å². The van der Waals surface area contributed by atoms with Gasteiger partial charge in [0.15, 0.2) is 0 Å². The van der Waals surface area contributed by atoms with E-state index in [1.165, 1.54) is 28.6 Å². The molecule has 0 spiro atoms. The lowest BCUT2D eigenvalue weighted by molar-refractivity contribution is 0.433. The summed E-state index contributed by atoms with van der Waals surface area (Å²) in [5, 5.41) is 3.10. The molecule has 0 amide bonds. The number of rotatable bonds is 4. The van der Waals surface area contributed by atoms with E-state index >= 15 is 0 Å². The molecular weight excluding hydrogens is 447 g/mol. The zero-order chi connectivity index (χ0) is 22.1. The summed E-state index contributed by atoms with van der Waals surface area (Å²) in [5.74, 6) is 0.375. The van der Waals surface area contributed by atoms with E-state index in [9.17, 15) is 12.8 Å². The minimum absolute atomic E-state index is 0.112. The van der Waals surface area contributed by atoms with E-state index in [1.807, 2.05) is 18.2 Å². The zero-order valence-electron chi connectivity index (χ0n) is 17.2. The van der Waals surface area contributed by atoms with Crippen molar-refractivity contribution in [2.24, 2.45) is 0 Å². The molecule has 2 aromatic carbocycles. The van der Waals surface area contributed by atoms with Crippen molar-refractivity contribution in [1.82, 2.24) is 14.3 Å². The molecule has 164 valence electrons. The Morgan fingerprint density at radius 2 is 1.69 bits per heavy atom. The first-order chi connectivity index (χ1) is 15.5. The lowest BCUT2D eigenvalue weighted by Gasteiger charge is -2.23. The van der Waals surface area contributed by atoms with Gasteiger partial charge >= 0.3 is 0 Å². The monoisotopic (exact) mass is 468 g/mol. The second kappa shape index (κ2) is 8.57. The molecule has 1 aliphatic heterocycles. The number of hydrogen-bond donors (Lipinski definition) is 0. The van der Waals surface area contributed by atoms with E-state index in [1.54, 1.807) is 17.7 Å². The number of hydrogen-bond acceptors (Lipinski definition) is 6. The molecule has 1 saturated heterocycles. The Balaban J connectivity index is 1.45. The molecule has 1 aliphatic rings. The van der Waals surface area contributed by atoms with Crippen molar-refractivity contribution in [2.75, 3.05) is 31.1 Å². The molecule has 0 unspecified atom stereocenters. The van der Waals surface area contributed by atoms with Crippen LogP contribution in [0.5, 0.6) is 0 Å². The highest BCUT2D eigenvalue weighted by Gasteiger charge is 2.28. The molecule has 3 heterocycles. The van der Waals surface area contributed by atoms with Crippen LogP contribution < -0.4 is 4.90 Å². The Bertz CT molecular complexity index is 1340. The Hall–Kier alpha value is -2.88. The first-order valence-corrected chi connectivity index (χ1v) is 12.6. The minimum Gasteiger partial charge on any atom is -0.355 e. The first kappa shape index (κ1) is 21.0. The van der Waals surface area contributed by atoms with Gasteiger partial charge in [0, 0.05) is 37.1 Å². The lowest BCUT2D eigenvalue weighted by atomic mass is 10.1. The zero-order valence-corrected chi connectivity index (χ0v) is 18.8. The predicted octanol–water partition coefficient (Wildman–Crippen LogP) is 4.40. The van der Waals surface area contributed by atoms with Crippen LogP contribution in [-0.2, 0) is 10.0 Å². The normalized spacial score (nSPS) is 15.7. The van der Waals surface area contributed by atoms with Crippen LogP contribution >= 0.6 is 11.3 Å². The summed E-state index contributed by atoms with van der Waals surface area (Å²) in [6.45, 7) is 1.93. The molecule has 32 heavy (non-hydrogen) atoms. The van der Waals surface area contributed by atoms with E-state index in [0.29, 0.717) is 32.6 Å². The number of anilines is 1. The molecule has 1 fully saturated rings. The van der Waals surface area contributed by atoms with Crippen molar-refractivity contribution in [3.05, 3.63) is 72.1 Å². The number of sulfonamides is 1. The van der Waals surface area contributed by atoms with E-state index in [-0.39, 0.29) is 4.90 Å². The van der Waals surface area contributed by atoms with Crippen molar-refractivity contribution in [2.45, 2.75) is 11.3 Å². The largest absolute Gasteiger partial charge is 0.355 e. The van der Waals surface area contributed by atoms with Crippen molar-refractivity contribution >= 4 is 37.4 Å². The summed E-state index contributed by atoms with van der Waals surface area (Å²) in [6, 6.07) is 15.1. The smallest absolute Gasteiger partial charge is 0.243 e. The fraction of sp³-hybridized carbons (Fsp3) is 0.217. The van der Waals surface area contributed by atoms with Crippen LogP contribution in [0.2, 0.25) is 0 Å². The standard InChI is InChI=1S/C23H21FN4O2S2/c24-18-7-9-19(10-8-18)32(29,30)28-12-4-11-27(13-14-28)22-21-20(17-5-2-1-3-6-17)15-31-23(21)26-16-25-22/h1-3,5-10,15-16H,4,11-14H2. The number of benzene rings is 2. The first-order valence-electron chi connectivity index (χ1n) is 10.3. The third-order valence-corrected chi connectivity index (χ3v) is 8.44. The molecular formula is C23H21FN4O2S2. The molecule has 4 aromatic rings. The molecule has 0 saturated carbocycles. The average molecular weight is 469 g/mol. The third-order valence-electron chi connectivity index (χ3n) is 5.64. The Labute approximate surface area is 190 Å². The predicted molar refractivity (Wildman–Crippen MR) is 125 cm³/mol. The van der Waals surface area contributed by atoms with Gasteiger partial charge in [-0.05, 0) is 36.2 Å². The van der Waals surface area contributed by atoms with Gasteiger partial charge in [0.25, 0.3) is 0 Å². The van der Waals surface area contributed by atoms with Gasteiger partial charge in [-0.1, -0.05) is 30.3 Å². The van der Waals surface area contributed by atoms with E-state index in [2.05, 4.69) is 32.4 Å². The maximum atomic E-state index is 13.3. The van der Waals surface area contributed by atoms with Gasteiger partial charge in [-0.3, -0.25) is 0 Å². The maximum Gasteiger partial charge on any atom is 0.243 e. The summed E-state index contributed by atoms with van der Waals surface area (Å²) in [5.41, 5.74) is 2.19. The van der Waals surface area contributed by atoms with E-state index in [4.69, 9.17) is 0 Å². The van der Waals surface area contributed by atoms with Crippen LogP contribution in [-0.4, -0.2) is 48.9 Å². The molecule has 0 N–H and O–H groups in total. The van der Waals surface area contributed by atoms with Crippen LogP contribution in [0.3, 0.4) is 0 Å². The second-order valence-corrected chi connectivity index (χ2v) is 10.4. The Morgan fingerprint density at radius 1 is 0.906 bits per heavy atom. The fourth-order valence-corrected chi connectivity index (χ4v) is 6.41. The summed E-state index contributed by atoms with van der Waals surface area (Å²) in [7, 11) is -3.68. The van der Waals surface area contributed by atoms with Gasteiger partial charge < -0.3 is 4.90 Å². The van der Waals surface area contributed by atoms with Crippen molar-refractivity contribution in [1.29, 1.82) is 0 Å². The SMILES string of the molecule is O=S(=O)(c1ccc(F)cc1)N1CCCN(c2ncnc3scc(-c4ccccc4)c23)CC1. The van der Waals surface area contributed by atoms with E-state index < -0.39 is 15.8 Å². The lowest BCUT2D eigenvalue weighted by Crippen LogP contribution is -2.35. The summed E-state index contributed by atoms with van der Waals surface area (Å²) in [6.07, 6.45) is 2.23. The fourth-order valence-electron chi connectivity index (χ4n) is 4.03. The maximum absolute atomic E-state index is 13.3. The van der Waals surface area contributed by atoms with Crippen LogP contribution in [0.1, 0.15) is 6.42 Å². The van der Waals surface area contributed by atoms with Crippen molar-refractivity contribution in [3.8, 4) is 11.1 Å². The average Bonchev–Trinajstić information content (AvgIpc) is 3.09. The molecule has 2 aromatic heterocycles. The number of fused-ring (bicyclic) bond motifs is 1. The highest BCUT2D eigenvalue weighted by Crippen LogP contribution is 2.38. The van der Waals surface area contributed by atoms with Crippen LogP contribution in [0.4, 0.5) is 10.2 Å². The number of thiophene rings is 1. The number of halogens is 1. The summed E-state index contributed by atoms with van der Waals surface area (Å²) < 4.78 is 40.9. The quantitative estimate of drug-likeness (QED) is 0.444. The Kier molecular flexibility index (Phi) is 5.62. The molecule has 5 rings (SSSR count). The molecule has 0 atom stereocenters. The van der Waals surface area contributed by atoms with Crippen LogP contribution in [0.25, 0.3) is 21.3 Å². The van der Waals surface area contributed by atoms with Gasteiger partial charge in [-0.15, -0.1) is 11.3 Å². The number of aromatic nitrogens is 2. The third kappa shape index (κ3) is 3.87.